The number of rotatable bonds is 3. The predicted octanol–water partition coefficient (Wildman–Crippen LogP) is 3.67. The van der Waals surface area contributed by atoms with Crippen LogP contribution in [-0.2, 0) is 6.18 Å². The van der Waals surface area contributed by atoms with Crippen molar-refractivity contribution in [2.24, 2.45) is 11.8 Å². The quantitative estimate of drug-likeness (QED) is 0.836. The normalized spacial score (nSPS) is 21.9. The third-order valence-corrected chi connectivity index (χ3v) is 3.65. The lowest BCUT2D eigenvalue weighted by atomic mass is 10.1. The highest BCUT2D eigenvalue weighted by atomic mass is 19.4. The van der Waals surface area contributed by atoms with Gasteiger partial charge in [-0.05, 0) is 36.5 Å². The van der Waals surface area contributed by atoms with E-state index < -0.39 is 11.7 Å². The van der Waals surface area contributed by atoms with E-state index in [1.54, 1.807) is 19.2 Å². The first-order valence-electron chi connectivity index (χ1n) is 6.15. The van der Waals surface area contributed by atoms with E-state index in [2.05, 4.69) is 6.92 Å². The molecular weight excluding hydrogens is 253 g/mol. The maximum Gasteiger partial charge on any atom is 0.417 e. The van der Waals surface area contributed by atoms with Crippen molar-refractivity contribution in [1.82, 2.24) is 0 Å². The Hall–Kier alpha value is -1.70. The van der Waals surface area contributed by atoms with Crippen LogP contribution in [0.25, 0.3) is 0 Å². The Morgan fingerprint density at radius 2 is 2.05 bits per heavy atom. The smallest absolute Gasteiger partial charge is 0.374 e. The van der Waals surface area contributed by atoms with Crippen molar-refractivity contribution >= 4 is 5.69 Å². The predicted molar refractivity (Wildman–Crippen MR) is 66.7 cm³/mol. The van der Waals surface area contributed by atoms with Gasteiger partial charge in [-0.25, -0.2) is 0 Å². The summed E-state index contributed by atoms with van der Waals surface area (Å²) in [7, 11) is 1.78. The summed E-state index contributed by atoms with van der Waals surface area (Å²) in [6, 6.07) is 5.46. The molecule has 2 rings (SSSR count). The Labute approximate surface area is 110 Å². The molecule has 0 amide bonds. The van der Waals surface area contributed by atoms with Gasteiger partial charge in [0.25, 0.3) is 0 Å². The van der Waals surface area contributed by atoms with E-state index in [0.717, 1.165) is 19.0 Å². The molecular formula is C14H15F3N2. The molecule has 0 saturated heterocycles. The minimum atomic E-state index is -4.49. The molecule has 2 nitrogen and oxygen atoms in total. The van der Waals surface area contributed by atoms with Crippen LogP contribution < -0.4 is 4.90 Å². The van der Waals surface area contributed by atoms with Gasteiger partial charge in [0, 0.05) is 19.3 Å². The molecule has 1 aliphatic carbocycles. The largest absolute Gasteiger partial charge is 0.417 e. The zero-order chi connectivity index (χ0) is 14.2. The van der Waals surface area contributed by atoms with E-state index in [1.165, 1.54) is 6.07 Å². The van der Waals surface area contributed by atoms with Crippen molar-refractivity contribution in [3.8, 4) is 6.07 Å². The Morgan fingerprint density at radius 1 is 1.42 bits per heavy atom. The molecule has 0 heterocycles. The van der Waals surface area contributed by atoms with Crippen molar-refractivity contribution in [3.63, 3.8) is 0 Å². The number of nitriles is 1. The molecule has 0 spiro atoms. The van der Waals surface area contributed by atoms with E-state index >= 15 is 0 Å². The fourth-order valence-corrected chi connectivity index (χ4v) is 2.21. The maximum absolute atomic E-state index is 12.8. The Morgan fingerprint density at radius 3 is 2.53 bits per heavy atom. The van der Waals surface area contributed by atoms with Gasteiger partial charge in [0.15, 0.2) is 0 Å². The number of benzene rings is 1. The standard InChI is InChI=1S/C14H15F3N2/c1-9-5-11(9)8-19(2)12-4-3-10(7-18)13(6-12)14(15,16)17/h3-4,6,9,11H,5,8H2,1-2H3. The van der Waals surface area contributed by atoms with Gasteiger partial charge in [-0.1, -0.05) is 6.92 Å². The van der Waals surface area contributed by atoms with Crippen LogP contribution >= 0.6 is 0 Å². The Bertz CT molecular complexity index is 516. The zero-order valence-corrected chi connectivity index (χ0v) is 10.8. The van der Waals surface area contributed by atoms with Gasteiger partial charge < -0.3 is 4.90 Å². The van der Waals surface area contributed by atoms with Crippen molar-refractivity contribution in [1.29, 1.82) is 5.26 Å². The highest BCUT2D eigenvalue weighted by Crippen LogP contribution is 2.39. The fourth-order valence-electron chi connectivity index (χ4n) is 2.21. The number of nitrogens with zero attached hydrogens (tertiary/aromatic N) is 2. The van der Waals surface area contributed by atoms with Gasteiger partial charge >= 0.3 is 6.18 Å². The second-order valence-electron chi connectivity index (χ2n) is 5.19. The molecule has 0 aliphatic heterocycles. The summed E-state index contributed by atoms with van der Waals surface area (Å²) in [6.07, 6.45) is -3.36. The average molecular weight is 268 g/mol. The first-order chi connectivity index (χ1) is 8.82. The van der Waals surface area contributed by atoms with Gasteiger partial charge in [0.1, 0.15) is 0 Å². The van der Waals surface area contributed by atoms with Crippen LogP contribution in [-0.4, -0.2) is 13.6 Å². The summed E-state index contributed by atoms with van der Waals surface area (Å²) in [5.41, 5.74) is -0.682. The van der Waals surface area contributed by atoms with Crippen molar-refractivity contribution in [3.05, 3.63) is 29.3 Å². The molecule has 1 aromatic rings. The lowest BCUT2D eigenvalue weighted by molar-refractivity contribution is -0.137. The summed E-state index contributed by atoms with van der Waals surface area (Å²) in [6.45, 7) is 2.89. The number of anilines is 1. The van der Waals surface area contributed by atoms with E-state index in [9.17, 15) is 13.2 Å². The molecule has 0 N–H and O–H groups in total. The highest BCUT2D eigenvalue weighted by molar-refractivity contribution is 5.54. The number of hydrogen-bond acceptors (Lipinski definition) is 2. The molecule has 2 unspecified atom stereocenters. The molecule has 19 heavy (non-hydrogen) atoms. The van der Waals surface area contributed by atoms with Gasteiger partial charge in [-0.15, -0.1) is 0 Å². The Kier molecular flexibility index (Phi) is 3.44. The van der Waals surface area contributed by atoms with Gasteiger partial charge in [-0.3, -0.25) is 0 Å². The first-order valence-corrected chi connectivity index (χ1v) is 6.15. The molecule has 1 aliphatic rings. The summed E-state index contributed by atoms with van der Waals surface area (Å²) < 4.78 is 38.5. The molecule has 1 fully saturated rings. The number of halogens is 3. The summed E-state index contributed by atoms with van der Waals surface area (Å²) >= 11 is 0. The lowest BCUT2D eigenvalue weighted by Crippen LogP contribution is -2.21. The minimum absolute atomic E-state index is 0.329. The van der Waals surface area contributed by atoms with Crippen molar-refractivity contribution in [2.75, 3.05) is 18.5 Å². The number of alkyl halides is 3. The molecule has 2 atom stereocenters. The second-order valence-corrected chi connectivity index (χ2v) is 5.19. The summed E-state index contributed by atoms with van der Waals surface area (Å²) in [4.78, 5) is 1.82. The van der Waals surface area contributed by atoms with Crippen molar-refractivity contribution in [2.45, 2.75) is 19.5 Å². The topological polar surface area (TPSA) is 27.0 Å². The third kappa shape index (κ3) is 3.01. The van der Waals surface area contributed by atoms with Crippen LogP contribution in [0.3, 0.4) is 0 Å². The van der Waals surface area contributed by atoms with Crippen LogP contribution in [0.2, 0.25) is 0 Å². The molecule has 0 radical (unpaired) electrons. The van der Waals surface area contributed by atoms with Crippen LogP contribution in [0.5, 0.6) is 0 Å². The average Bonchev–Trinajstić information content (AvgIpc) is 3.02. The summed E-state index contributed by atoms with van der Waals surface area (Å²) in [5.74, 6) is 1.22. The van der Waals surface area contributed by atoms with Crippen molar-refractivity contribution < 1.29 is 13.2 Å². The minimum Gasteiger partial charge on any atom is -0.374 e. The van der Waals surface area contributed by atoms with Crippen LogP contribution in [0, 0.1) is 23.2 Å². The van der Waals surface area contributed by atoms with Crippen LogP contribution in [0.4, 0.5) is 18.9 Å². The van der Waals surface area contributed by atoms with Crippen LogP contribution in [0.15, 0.2) is 18.2 Å². The van der Waals surface area contributed by atoms with Gasteiger partial charge in [0.05, 0.1) is 17.2 Å². The zero-order valence-electron chi connectivity index (χ0n) is 10.8. The Balaban J connectivity index is 2.25. The molecule has 1 saturated carbocycles. The second kappa shape index (κ2) is 4.76. The third-order valence-electron chi connectivity index (χ3n) is 3.65. The van der Waals surface area contributed by atoms with E-state index in [-0.39, 0.29) is 5.56 Å². The molecule has 5 heteroatoms. The van der Waals surface area contributed by atoms with E-state index in [0.29, 0.717) is 17.5 Å². The highest BCUT2D eigenvalue weighted by Gasteiger charge is 2.35. The van der Waals surface area contributed by atoms with Crippen LogP contribution in [0.1, 0.15) is 24.5 Å². The van der Waals surface area contributed by atoms with Gasteiger partial charge in [-0.2, -0.15) is 18.4 Å². The monoisotopic (exact) mass is 268 g/mol. The molecule has 0 aromatic heterocycles. The summed E-state index contributed by atoms with van der Waals surface area (Å²) in [5, 5.41) is 8.74. The first kappa shape index (κ1) is 13.7. The lowest BCUT2D eigenvalue weighted by Gasteiger charge is -2.21. The number of hydrogen-bond donors (Lipinski definition) is 0. The fraction of sp³-hybridized carbons (Fsp3) is 0.500. The van der Waals surface area contributed by atoms with E-state index in [4.69, 9.17) is 5.26 Å². The molecule has 1 aromatic carbocycles. The SMILES string of the molecule is CC1CC1CN(C)c1ccc(C#N)c(C(F)(F)F)c1. The van der Waals surface area contributed by atoms with Gasteiger partial charge in [0.2, 0.25) is 0 Å². The maximum atomic E-state index is 12.8. The molecule has 102 valence electrons. The van der Waals surface area contributed by atoms with E-state index in [1.807, 2.05) is 4.90 Å². The molecule has 0 bridgehead atoms.